The van der Waals surface area contributed by atoms with Crippen LogP contribution in [0.5, 0.6) is 17.2 Å². The summed E-state index contributed by atoms with van der Waals surface area (Å²) in [5.74, 6) is 1.22. The minimum atomic E-state index is -0.625. The van der Waals surface area contributed by atoms with Crippen molar-refractivity contribution in [2.45, 2.75) is 65.9 Å². The Bertz CT molecular complexity index is 1150. The van der Waals surface area contributed by atoms with Gasteiger partial charge < -0.3 is 18.9 Å². The molecule has 0 N–H and O–H groups in total. The highest BCUT2D eigenvalue weighted by Crippen LogP contribution is 2.25. The van der Waals surface area contributed by atoms with Crippen molar-refractivity contribution in [1.82, 2.24) is 0 Å². The van der Waals surface area contributed by atoms with Crippen LogP contribution in [0.2, 0.25) is 0 Å². The lowest BCUT2D eigenvalue weighted by Crippen LogP contribution is -2.27. The number of ether oxygens (including phenoxy) is 4. The van der Waals surface area contributed by atoms with E-state index in [2.05, 4.69) is 20.8 Å². The number of unbranched alkanes of at least 4 members (excludes halogenated alkanes) is 3. The van der Waals surface area contributed by atoms with Gasteiger partial charge in [-0.15, -0.1) is 0 Å². The molecule has 0 aliphatic rings. The minimum Gasteiger partial charge on any atom is -0.494 e. The van der Waals surface area contributed by atoms with Gasteiger partial charge in [0.25, 0.3) is 0 Å². The highest BCUT2D eigenvalue weighted by atomic mass is 16.6. The fraction of sp³-hybridized carbons (Fsp3) is 0.394. The van der Waals surface area contributed by atoms with Gasteiger partial charge in [-0.2, -0.15) is 0 Å². The van der Waals surface area contributed by atoms with E-state index in [1.165, 1.54) is 12.8 Å². The largest absolute Gasteiger partial charge is 0.494 e. The predicted octanol–water partition coefficient (Wildman–Crippen LogP) is 7.89. The molecule has 6 heteroatoms. The van der Waals surface area contributed by atoms with Crippen molar-refractivity contribution in [3.05, 3.63) is 78.4 Å². The van der Waals surface area contributed by atoms with Crippen molar-refractivity contribution in [3.63, 3.8) is 0 Å². The average Bonchev–Trinajstić information content (AvgIpc) is 2.96. The van der Waals surface area contributed by atoms with Crippen LogP contribution in [0.4, 0.5) is 0 Å². The second-order valence-electron chi connectivity index (χ2n) is 9.78. The van der Waals surface area contributed by atoms with Crippen molar-refractivity contribution in [2.24, 2.45) is 5.92 Å². The molecule has 0 aliphatic carbocycles. The van der Waals surface area contributed by atoms with Crippen LogP contribution < -0.4 is 14.2 Å². The molecular weight excluding hydrogens is 492 g/mol. The fourth-order valence-electron chi connectivity index (χ4n) is 3.70. The number of rotatable bonds is 15. The Morgan fingerprint density at radius 2 is 1.26 bits per heavy atom. The third-order valence-corrected chi connectivity index (χ3v) is 6.49. The van der Waals surface area contributed by atoms with E-state index in [4.69, 9.17) is 18.9 Å². The van der Waals surface area contributed by atoms with Gasteiger partial charge in [-0.25, -0.2) is 9.59 Å². The van der Waals surface area contributed by atoms with E-state index in [-0.39, 0.29) is 0 Å². The zero-order chi connectivity index (χ0) is 28.0. The molecule has 3 aromatic carbocycles. The number of benzene rings is 3. The minimum absolute atomic E-state index is 0.394. The van der Waals surface area contributed by atoms with Gasteiger partial charge in [0.05, 0.1) is 18.8 Å². The third kappa shape index (κ3) is 9.88. The monoisotopic (exact) mass is 532 g/mol. The van der Waals surface area contributed by atoms with Crippen LogP contribution in [0.25, 0.3) is 11.1 Å². The smallest absolute Gasteiger partial charge is 0.343 e. The number of carbonyl (C=O) groups is 2. The summed E-state index contributed by atoms with van der Waals surface area (Å²) in [4.78, 5) is 24.9. The van der Waals surface area contributed by atoms with Gasteiger partial charge in [-0.05, 0) is 78.9 Å². The first-order valence-corrected chi connectivity index (χ1v) is 13.9. The molecule has 2 unspecified atom stereocenters. The zero-order valence-corrected chi connectivity index (χ0v) is 23.5. The van der Waals surface area contributed by atoms with Gasteiger partial charge in [-0.1, -0.05) is 70.7 Å². The summed E-state index contributed by atoms with van der Waals surface area (Å²) in [7, 11) is 0. The summed E-state index contributed by atoms with van der Waals surface area (Å²) in [5.41, 5.74) is 2.35. The second kappa shape index (κ2) is 15.7. The van der Waals surface area contributed by atoms with Crippen LogP contribution in [0.3, 0.4) is 0 Å². The zero-order valence-electron chi connectivity index (χ0n) is 23.5. The lowest BCUT2D eigenvalue weighted by Gasteiger charge is -2.15. The van der Waals surface area contributed by atoms with Gasteiger partial charge in [-0.3, -0.25) is 0 Å². The Kier molecular flexibility index (Phi) is 12.0. The fourth-order valence-corrected chi connectivity index (χ4v) is 3.70. The van der Waals surface area contributed by atoms with Crippen LogP contribution in [0.1, 0.15) is 70.2 Å². The lowest BCUT2D eigenvalue weighted by atomic mass is 10.1. The molecule has 3 aromatic rings. The average molecular weight is 533 g/mol. The summed E-state index contributed by atoms with van der Waals surface area (Å²) in [5, 5.41) is 0. The first kappa shape index (κ1) is 29.9. The molecule has 208 valence electrons. The standard InChI is InChI=1S/C33H40O6/c1-5-7-8-9-22-36-29-16-14-28(15-17-29)33(35)39-31-20-12-27(13-21-31)26-10-18-30(19-11-26)38-32(34)25(4)37-23-24(3)6-2/h10-21,24-25H,5-9,22-23H2,1-4H3. The highest BCUT2D eigenvalue weighted by molar-refractivity contribution is 5.91. The molecule has 0 heterocycles. The Morgan fingerprint density at radius 1 is 0.692 bits per heavy atom. The Hall–Kier alpha value is -3.64. The first-order valence-electron chi connectivity index (χ1n) is 13.9. The maximum absolute atomic E-state index is 12.6. The Morgan fingerprint density at radius 3 is 1.82 bits per heavy atom. The Balaban J connectivity index is 1.49. The molecule has 0 aliphatic heterocycles. The quantitative estimate of drug-likeness (QED) is 0.113. The molecule has 0 aromatic heterocycles. The summed E-state index contributed by atoms with van der Waals surface area (Å²) in [6, 6.07) is 21.5. The van der Waals surface area contributed by atoms with Crippen molar-refractivity contribution < 1.29 is 28.5 Å². The summed E-state index contributed by atoms with van der Waals surface area (Å²) in [6.45, 7) is 9.26. The molecule has 2 atom stereocenters. The number of hydrogen-bond acceptors (Lipinski definition) is 6. The van der Waals surface area contributed by atoms with E-state index in [0.717, 1.165) is 36.1 Å². The molecule has 0 bridgehead atoms. The van der Waals surface area contributed by atoms with E-state index >= 15 is 0 Å². The second-order valence-corrected chi connectivity index (χ2v) is 9.78. The molecule has 0 spiro atoms. The molecule has 0 amide bonds. The third-order valence-electron chi connectivity index (χ3n) is 6.49. The van der Waals surface area contributed by atoms with E-state index in [9.17, 15) is 9.59 Å². The van der Waals surface area contributed by atoms with E-state index in [0.29, 0.717) is 36.2 Å². The molecule has 0 saturated carbocycles. The maximum atomic E-state index is 12.6. The van der Waals surface area contributed by atoms with Gasteiger partial charge in [0.1, 0.15) is 17.2 Å². The van der Waals surface area contributed by atoms with Crippen LogP contribution in [0.15, 0.2) is 72.8 Å². The van der Waals surface area contributed by atoms with Crippen molar-refractivity contribution in [3.8, 4) is 28.4 Å². The predicted molar refractivity (Wildman–Crippen MR) is 153 cm³/mol. The van der Waals surface area contributed by atoms with E-state index < -0.39 is 18.0 Å². The van der Waals surface area contributed by atoms with Gasteiger partial charge in [0.2, 0.25) is 0 Å². The first-order chi connectivity index (χ1) is 18.9. The molecule has 0 radical (unpaired) electrons. The maximum Gasteiger partial charge on any atom is 0.343 e. The summed E-state index contributed by atoms with van der Waals surface area (Å²) < 4.78 is 22.3. The van der Waals surface area contributed by atoms with Crippen molar-refractivity contribution in [2.75, 3.05) is 13.2 Å². The van der Waals surface area contributed by atoms with Crippen molar-refractivity contribution in [1.29, 1.82) is 0 Å². The van der Waals surface area contributed by atoms with Gasteiger partial charge >= 0.3 is 11.9 Å². The summed E-state index contributed by atoms with van der Waals surface area (Å²) in [6.07, 6.45) is 4.97. The molecule has 39 heavy (non-hydrogen) atoms. The van der Waals surface area contributed by atoms with Crippen LogP contribution >= 0.6 is 0 Å². The molecule has 0 saturated heterocycles. The molecule has 3 rings (SSSR count). The number of carbonyl (C=O) groups excluding carboxylic acids is 2. The molecular formula is C33H40O6. The van der Waals surface area contributed by atoms with E-state index in [1.807, 2.05) is 24.3 Å². The lowest BCUT2D eigenvalue weighted by molar-refractivity contribution is -0.146. The van der Waals surface area contributed by atoms with Gasteiger partial charge in [0.15, 0.2) is 6.10 Å². The molecule has 6 nitrogen and oxygen atoms in total. The topological polar surface area (TPSA) is 71.1 Å². The normalized spacial score (nSPS) is 12.4. The molecule has 0 fully saturated rings. The van der Waals surface area contributed by atoms with Crippen molar-refractivity contribution >= 4 is 11.9 Å². The van der Waals surface area contributed by atoms with E-state index in [1.54, 1.807) is 55.5 Å². The Labute approximate surface area is 232 Å². The SMILES string of the molecule is CCCCCCOc1ccc(C(=O)Oc2ccc(-c3ccc(OC(=O)C(C)OCC(C)CC)cc3)cc2)cc1. The number of hydrogen-bond donors (Lipinski definition) is 0. The number of esters is 2. The van der Waals surface area contributed by atoms with Gasteiger partial charge in [0, 0.05) is 0 Å². The van der Waals surface area contributed by atoms with Crippen LogP contribution in [-0.4, -0.2) is 31.3 Å². The highest BCUT2D eigenvalue weighted by Gasteiger charge is 2.17. The van der Waals surface area contributed by atoms with Crippen LogP contribution in [-0.2, 0) is 9.53 Å². The summed E-state index contributed by atoms with van der Waals surface area (Å²) >= 11 is 0. The van der Waals surface area contributed by atoms with Crippen LogP contribution in [0, 0.1) is 5.92 Å².